The van der Waals surface area contributed by atoms with Gasteiger partial charge in [0.1, 0.15) is 11.6 Å². The van der Waals surface area contributed by atoms with Gasteiger partial charge in [0.15, 0.2) is 0 Å². The van der Waals surface area contributed by atoms with E-state index in [4.69, 9.17) is 4.98 Å². The number of nitrogens with one attached hydrogen (secondary N) is 1. The van der Waals surface area contributed by atoms with Gasteiger partial charge in [0.05, 0.1) is 0 Å². The Balaban J connectivity index is 2.16. The second-order valence-corrected chi connectivity index (χ2v) is 7.02. The van der Waals surface area contributed by atoms with Crippen LogP contribution in [0, 0.1) is 0 Å². The number of nitrogens with zero attached hydrogens (tertiary/aromatic N) is 2. The van der Waals surface area contributed by atoms with Gasteiger partial charge in [-0.3, -0.25) is 0 Å². The summed E-state index contributed by atoms with van der Waals surface area (Å²) >= 11 is 2.03. The van der Waals surface area contributed by atoms with Crippen molar-refractivity contribution in [3.63, 3.8) is 0 Å². The van der Waals surface area contributed by atoms with E-state index in [2.05, 4.69) is 50.0 Å². The predicted molar refractivity (Wildman–Crippen MR) is 81.7 cm³/mol. The minimum absolute atomic E-state index is 0.0506. The molecule has 1 N–H and O–H groups in total. The summed E-state index contributed by atoms with van der Waals surface area (Å²) in [6, 6.07) is 6.81. The second kappa shape index (κ2) is 5.39. The normalized spacial score (nSPS) is 20.9. The van der Waals surface area contributed by atoms with E-state index >= 15 is 0 Å². The van der Waals surface area contributed by atoms with Crippen LogP contribution in [0.15, 0.2) is 18.2 Å². The first-order chi connectivity index (χ1) is 8.46. The van der Waals surface area contributed by atoms with Gasteiger partial charge in [-0.1, -0.05) is 6.07 Å². The molecule has 1 aliphatic rings. The number of aromatic nitrogens is 1. The molecule has 0 amide bonds. The highest BCUT2D eigenvalue weighted by Gasteiger charge is 2.20. The summed E-state index contributed by atoms with van der Waals surface area (Å²) in [5.74, 6) is 4.45. The molecule has 1 fully saturated rings. The molecule has 4 heteroatoms. The maximum Gasteiger partial charge on any atom is 0.131 e. The number of anilines is 2. The molecule has 18 heavy (non-hydrogen) atoms. The lowest BCUT2D eigenvalue weighted by Gasteiger charge is -2.34. The molecule has 1 atom stereocenters. The highest BCUT2D eigenvalue weighted by atomic mass is 32.2. The number of rotatable bonds is 2. The molecular weight excluding hydrogens is 242 g/mol. The summed E-state index contributed by atoms with van der Waals surface area (Å²) in [7, 11) is 0. The fraction of sp³-hybridized carbons (Fsp3) is 0.643. The van der Waals surface area contributed by atoms with Crippen LogP contribution in [0.3, 0.4) is 0 Å². The molecule has 0 saturated carbocycles. The topological polar surface area (TPSA) is 28.2 Å². The summed E-state index contributed by atoms with van der Waals surface area (Å²) in [6.07, 6.45) is 0. The predicted octanol–water partition coefficient (Wildman–Crippen LogP) is 3.23. The summed E-state index contributed by atoms with van der Waals surface area (Å²) in [4.78, 5) is 7.14. The Hall–Kier alpha value is -0.900. The van der Waals surface area contributed by atoms with Crippen molar-refractivity contribution in [3.8, 4) is 0 Å². The molecule has 1 saturated heterocycles. The van der Waals surface area contributed by atoms with E-state index in [-0.39, 0.29) is 5.54 Å². The molecule has 0 aliphatic carbocycles. The standard InChI is InChI=1S/C14H23N3S/c1-11-10-18-9-8-17(11)13-7-5-6-12(15-13)16-14(2,3)4/h5-7,11H,8-10H2,1-4H3,(H,15,16). The number of hydrogen-bond acceptors (Lipinski definition) is 4. The van der Waals surface area contributed by atoms with Crippen LogP contribution in [-0.2, 0) is 0 Å². The van der Waals surface area contributed by atoms with Crippen LogP contribution in [0.25, 0.3) is 0 Å². The summed E-state index contributed by atoms with van der Waals surface area (Å²) in [6.45, 7) is 9.83. The van der Waals surface area contributed by atoms with E-state index in [1.54, 1.807) is 0 Å². The first-order valence-electron chi connectivity index (χ1n) is 6.55. The van der Waals surface area contributed by atoms with E-state index < -0.39 is 0 Å². The first kappa shape index (κ1) is 13.5. The summed E-state index contributed by atoms with van der Waals surface area (Å²) < 4.78 is 0. The van der Waals surface area contributed by atoms with E-state index in [1.165, 1.54) is 11.5 Å². The van der Waals surface area contributed by atoms with Crippen molar-refractivity contribution in [1.82, 2.24) is 4.98 Å². The lowest BCUT2D eigenvalue weighted by Crippen LogP contribution is -2.41. The Morgan fingerprint density at radius 2 is 2.17 bits per heavy atom. The lowest BCUT2D eigenvalue weighted by atomic mass is 10.1. The molecule has 100 valence electrons. The molecule has 1 aromatic heterocycles. The van der Waals surface area contributed by atoms with Gasteiger partial charge in [0.25, 0.3) is 0 Å². The Labute approximate surface area is 114 Å². The van der Waals surface area contributed by atoms with Crippen LogP contribution in [0.5, 0.6) is 0 Å². The Morgan fingerprint density at radius 3 is 2.83 bits per heavy atom. The smallest absolute Gasteiger partial charge is 0.131 e. The van der Waals surface area contributed by atoms with Crippen LogP contribution >= 0.6 is 11.8 Å². The average molecular weight is 265 g/mol. The van der Waals surface area contributed by atoms with Crippen LogP contribution in [0.4, 0.5) is 11.6 Å². The van der Waals surface area contributed by atoms with Gasteiger partial charge < -0.3 is 10.2 Å². The quantitative estimate of drug-likeness (QED) is 0.888. The van der Waals surface area contributed by atoms with Gasteiger partial charge >= 0.3 is 0 Å². The zero-order chi connectivity index (χ0) is 13.2. The van der Waals surface area contributed by atoms with E-state index in [0.29, 0.717) is 6.04 Å². The van der Waals surface area contributed by atoms with Crippen molar-refractivity contribution in [2.24, 2.45) is 0 Å². The SMILES string of the molecule is CC1CSCCN1c1cccc(NC(C)(C)C)n1. The van der Waals surface area contributed by atoms with Crippen LogP contribution in [0.2, 0.25) is 0 Å². The monoisotopic (exact) mass is 265 g/mol. The van der Waals surface area contributed by atoms with Crippen molar-refractivity contribution < 1.29 is 0 Å². The van der Waals surface area contributed by atoms with Gasteiger partial charge in [-0.15, -0.1) is 0 Å². The Bertz CT molecular complexity index is 400. The largest absolute Gasteiger partial charge is 0.365 e. The third-order valence-electron chi connectivity index (χ3n) is 2.90. The maximum atomic E-state index is 4.74. The highest BCUT2D eigenvalue weighted by molar-refractivity contribution is 7.99. The molecule has 1 aromatic rings. The molecule has 1 aliphatic heterocycles. The van der Waals surface area contributed by atoms with Crippen molar-refractivity contribution in [2.45, 2.75) is 39.3 Å². The third kappa shape index (κ3) is 3.55. The Kier molecular flexibility index (Phi) is 4.05. The molecule has 0 radical (unpaired) electrons. The average Bonchev–Trinajstić information content (AvgIpc) is 2.27. The van der Waals surface area contributed by atoms with Crippen LogP contribution in [0.1, 0.15) is 27.7 Å². The van der Waals surface area contributed by atoms with Crippen LogP contribution in [-0.4, -0.2) is 34.6 Å². The van der Waals surface area contributed by atoms with E-state index in [9.17, 15) is 0 Å². The zero-order valence-electron chi connectivity index (χ0n) is 11.7. The molecule has 0 aromatic carbocycles. The van der Waals surface area contributed by atoms with Gasteiger partial charge in [-0.25, -0.2) is 4.98 Å². The number of thioether (sulfide) groups is 1. The van der Waals surface area contributed by atoms with Crippen LogP contribution < -0.4 is 10.2 Å². The van der Waals surface area contributed by atoms with Gasteiger partial charge in [0, 0.05) is 29.6 Å². The van der Waals surface area contributed by atoms with Crippen molar-refractivity contribution in [1.29, 1.82) is 0 Å². The third-order valence-corrected chi connectivity index (χ3v) is 4.09. The van der Waals surface area contributed by atoms with Gasteiger partial charge in [0.2, 0.25) is 0 Å². The fourth-order valence-corrected chi connectivity index (χ4v) is 3.12. The Morgan fingerprint density at radius 1 is 1.39 bits per heavy atom. The zero-order valence-corrected chi connectivity index (χ0v) is 12.5. The van der Waals surface area contributed by atoms with E-state index in [0.717, 1.165) is 18.2 Å². The van der Waals surface area contributed by atoms with Gasteiger partial charge in [-0.2, -0.15) is 11.8 Å². The summed E-state index contributed by atoms with van der Waals surface area (Å²) in [5, 5.41) is 3.43. The minimum Gasteiger partial charge on any atom is -0.365 e. The summed E-state index contributed by atoms with van der Waals surface area (Å²) in [5.41, 5.74) is 0.0506. The van der Waals surface area contributed by atoms with Gasteiger partial charge in [-0.05, 0) is 39.8 Å². The van der Waals surface area contributed by atoms with Crippen molar-refractivity contribution in [2.75, 3.05) is 28.3 Å². The molecule has 0 spiro atoms. The fourth-order valence-electron chi connectivity index (χ4n) is 2.10. The molecule has 1 unspecified atom stereocenters. The molecule has 0 bridgehead atoms. The highest BCUT2D eigenvalue weighted by Crippen LogP contribution is 2.24. The maximum absolute atomic E-state index is 4.74. The number of pyridine rings is 1. The number of hydrogen-bond donors (Lipinski definition) is 1. The first-order valence-corrected chi connectivity index (χ1v) is 7.71. The van der Waals surface area contributed by atoms with Crippen molar-refractivity contribution in [3.05, 3.63) is 18.2 Å². The van der Waals surface area contributed by atoms with E-state index in [1.807, 2.05) is 17.8 Å². The molecule has 2 rings (SSSR count). The molecule has 3 nitrogen and oxygen atoms in total. The second-order valence-electron chi connectivity index (χ2n) is 5.87. The minimum atomic E-state index is 0.0506. The van der Waals surface area contributed by atoms with Crippen molar-refractivity contribution >= 4 is 23.4 Å². The molecule has 2 heterocycles. The molecular formula is C14H23N3S. The lowest BCUT2D eigenvalue weighted by molar-refractivity contribution is 0.629.